The van der Waals surface area contributed by atoms with Gasteiger partial charge in [0, 0.05) is 44.1 Å². The summed E-state index contributed by atoms with van der Waals surface area (Å²) in [4.78, 5) is 26.3. The fourth-order valence-electron chi connectivity index (χ4n) is 2.63. The third-order valence-electron chi connectivity index (χ3n) is 4.22. The van der Waals surface area contributed by atoms with Crippen molar-refractivity contribution in [3.05, 3.63) is 34.9 Å². The highest BCUT2D eigenvalue weighted by Gasteiger charge is 2.23. The highest BCUT2D eigenvalue weighted by molar-refractivity contribution is 5.98. The van der Waals surface area contributed by atoms with Crippen molar-refractivity contribution in [2.75, 3.05) is 19.6 Å². The highest BCUT2D eigenvalue weighted by Crippen LogP contribution is 2.14. The van der Waals surface area contributed by atoms with Gasteiger partial charge in [-0.05, 0) is 38.0 Å². The molecule has 0 aliphatic carbocycles. The van der Waals surface area contributed by atoms with Crippen LogP contribution in [0.5, 0.6) is 0 Å². The summed E-state index contributed by atoms with van der Waals surface area (Å²) in [5.74, 6) is 0.135. The lowest BCUT2D eigenvalue weighted by molar-refractivity contribution is -0.133. The molecule has 0 bridgehead atoms. The van der Waals surface area contributed by atoms with Crippen molar-refractivity contribution in [2.45, 2.75) is 39.7 Å². The van der Waals surface area contributed by atoms with Crippen LogP contribution in [0.1, 0.15) is 41.3 Å². The Kier molecular flexibility index (Phi) is 7.04. The molecular formula is C17H25ClN2O2. The van der Waals surface area contributed by atoms with Crippen LogP contribution in [0.25, 0.3) is 0 Å². The van der Waals surface area contributed by atoms with Crippen LogP contribution in [0.3, 0.4) is 0 Å². The maximum absolute atomic E-state index is 12.2. The summed E-state index contributed by atoms with van der Waals surface area (Å²) in [5.41, 5.74) is 3.00. The van der Waals surface area contributed by atoms with Crippen molar-refractivity contribution in [3.8, 4) is 0 Å². The normalized spacial score (nSPS) is 17.8. The Bertz CT molecular complexity index is 545. The van der Waals surface area contributed by atoms with Gasteiger partial charge in [0.2, 0.25) is 5.91 Å². The van der Waals surface area contributed by atoms with Crippen LogP contribution >= 0.6 is 12.4 Å². The fraction of sp³-hybridized carbons (Fsp3) is 0.529. The van der Waals surface area contributed by atoms with Crippen molar-refractivity contribution in [1.29, 1.82) is 0 Å². The van der Waals surface area contributed by atoms with E-state index in [1.807, 2.05) is 43.9 Å². The number of aryl methyl sites for hydroxylation is 2. The average Bonchev–Trinajstić information content (AvgIpc) is 2.47. The lowest BCUT2D eigenvalue weighted by atomic mass is 10.0. The molecule has 1 aromatic rings. The molecular weight excluding hydrogens is 300 g/mol. The zero-order valence-electron chi connectivity index (χ0n) is 13.5. The van der Waals surface area contributed by atoms with Gasteiger partial charge in [0.05, 0.1) is 0 Å². The number of hydrogen-bond donors (Lipinski definition) is 1. The first kappa shape index (κ1) is 18.7. The van der Waals surface area contributed by atoms with Crippen molar-refractivity contribution in [1.82, 2.24) is 10.2 Å². The number of hydrogen-bond acceptors (Lipinski definition) is 3. The minimum atomic E-state index is 0. The predicted octanol–water partition coefficient (Wildman–Crippen LogP) is 2.51. The van der Waals surface area contributed by atoms with E-state index in [0.717, 1.165) is 25.2 Å². The van der Waals surface area contributed by atoms with Crippen molar-refractivity contribution in [3.63, 3.8) is 0 Å². The fourth-order valence-corrected chi connectivity index (χ4v) is 2.63. The summed E-state index contributed by atoms with van der Waals surface area (Å²) < 4.78 is 0. The minimum absolute atomic E-state index is 0. The zero-order chi connectivity index (χ0) is 15.4. The number of nitrogens with zero attached hydrogens (tertiary/aromatic N) is 1. The lowest BCUT2D eigenvalue weighted by Crippen LogP contribution is -2.52. The van der Waals surface area contributed by atoms with E-state index in [0.29, 0.717) is 12.0 Å². The quantitative estimate of drug-likeness (QED) is 0.866. The Labute approximate surface area is 138 Å². The number of ketones is 1. The Morgan fingerprint density at radius 1 is 1.23 bits per heavy atom. The van der Waals surface area contributed by atoms with Gasteiger partial charge >= 0.3 is 0 Å². The third-order valence-corrected chi connectivity index (χ3v) is 4.22. The molecule has 1 amide bonds. The average molecular weight is 325 g/mol. The molecule has 0 aromatic heterocycles. The number of benzene rings is 1. The molecule has 1 fully saturated rings. The Morgan fingerprint density at radius 3 is 2.59 bits per heavy atom. The van der Waals surface area contributed by atoms with Gasteiger partial charge < -0.3 is 10.2 Å². The van der Waals surface area contributed by atoms with E-state index in [2.05, 4.69) is 5.32 Å². The molecule has 1 aromatic carbocycles. The van der Waals surface area contributed by atoms with E-state index < -0.39 is 0 Å². The molecule has 1 atom stereocenters. The van der Waals surface area contributed by atoms with Crippen LogP contribution in [-0.2, 0) is 4.79 Å². The topological polar surface area (TPSA) is 49.4 Å². The van der Waals surface area contributed by atoms with Gasteiger partial charge in [-0.1, -0.05) is 12.1 Å². The van der Waals surface area contributed by atoms with Gasteiger partial charge in [-0.25, -0.2) is 0 Å². The molecule has 0 radical (unpaired) electrons. The first-order valence-corrected chi connectivity index (χ1v) is 7.59. The second kappa shape index (κ2) is 8.30. The number of halogens is 1. The standard InChI is InChI=1S/C17H24N2O2.ClH/c1-12-4-5-15(10-13(12)2)16(20)6-7-17(21)19-9-8-18-11-14(19)3;/h4-5,10,14,18H,6-9,11H2,1-3H3;1H/t14-;/m1./s1. The minimum Gasteiger partial charge on any atom is -0.337 e. The lowest BCUT2D eigenvalue weighted by Gasteiger charge is -2.34. The number of carbonyl (C=O) groups excluding carboxylic acids is 2. The smallest absolute Gasteiger partial charge is 0.223 e. The molecule has 1 N–H and O–H groups in total. The van der Waals surface area contributed by atoms with E-state index in [9.17, 15) is 9.59 Å². The number of carbonyl (C=O) groups is 2. The maximum atomic E-state index is 12.2. The molecule has 4 nitrogen and oxygen atoms in total. The summed E-state index contributed by atoms with van der Waals surface area (Å²) in [7, 11) is 0. The summed E-state index contributed by atoms with van der Waals surface area (Å²) in [5, 5.41) is 3.26. The largest absolute Gasteiger partial charge is 0.337 e. The van der Waals surface area contributed by atoms with E-state index >= 15 is 0 Å². The molecule has 1 aliphatic heterocycles. The van der Waals surface area contributed by atoms with E-state index in [1.54, 1.807) is 0 Å². The summed E-state index contributed by atoms with van der Waals surface area (Å²) in [6.45, 7) is 8.46. The predicted molar refractivity (Wildman–Crippen MR) is 90.8 cm³/mol. The molecule has 1 saturated heterocycles. The molecule has 0 spiro atoms. The van der Waals surface area contributed by atoms with E-state index in [-0.39, 0.29) is 36.6 Å². The van der Waals surface area contributed by atoms with Crippen molar-refractivity contribution in [2.24, 2.45) is 0 Å². The molecule has 1 heterocycles. The van der Waals surface area contributed by atoms with Gasteiger partial charge in [0.15, 0.2) is 5.78 Å². The number of nitrogens with one attached hydrogen (secondary N) is 1. The third kappa shape index (κ3) is 4.55. The van der Waals surface area contributed by atoms with Crippen molar-refractivity contribution < 1.29 is 9.59 Å². The first-order chi connectivity index (χ1) is 9.99. The molecule has 0 unspecified atom stereocenters. The van der Waals surface area contributed by atoms with Crippen LogP contribution in [0, 0.1) is 13.8 Å². The molecule has 0 saturated carbocycles. The van der Waals surface area contributed by atoms with Gasteiger partial charge in [-0.15, -0.1) is 12.4 Å². The second-order valence-corrected chi connectivity index (χ2v) is 5.86. The van der Waals surface area contributed by atoms with Crippen LogP contribution in [0.15, 0.2) is 18.2 Å². The summed E-state index contributed by atoms with van der Waals surface area (Å²) in [6.07, 6.45) is 0.591. The summed E-state index contributed by atoms with van der Waals surface area (Å²) >= 11 is 0. The van der Waals surface area contributed by atoms with Gasteiger partial charge in [-0.2, -0.15) is 0 Å². The molecule has 122 valence electrons. The monoisotopic (exact) mass is 324 g/mol. The van der Waals surface area contributed by atoms with Gasteiger partial charge in [0.1, 0.15) is 0 Å². The van der Waals surface area contributed by atoms with Gasteiger partial charge in [0.25, 0.3) is 0 Å². The summed E-state index contributed by atoms with van der Waals surface area (Å²) in [6, 6.07) is 5.93. The molecule has 22 heavy (non-hydrogen) atoms. The Hall–Kier alpha value is -1.39. The number of Topliss-reactive ketones (excluding diaryl/α,β-unsaturated/α-hetero) is 1. The Balaban J connectivity index is 0.00000242. The van der Waals surface area contributed by atoms with Gasteiger partial charge in [-0.3, -0.25) is 9.59 Å². The van der Waals surface area contributed by atoms with Crippen LogP contribution in [-0.4, -0.2) is 42.3 Å². The highest BCUT2D eigenvalue weighted by atomic mass is 35.5. The maximum Gasteiger partial charge on any atom is 0.223 e. The number of amides is 1. The second-order valence-electron chi connectivity index (χ2n) is 5.86. The van der Waals surface area contributed by atoms with E-state index in [4.69, 9.17) is 0 Å². The molecule has 2 rings (SSSR count). The van der Waals surface area contributed by atoms with Crippen molar-refractivity contribution >= 4 is 24.1 Å². The van der Waals surface area contributed by atoms with Crippen LogP contribution in [0.2, 0.25) is 0 Å². The molecule has 1 aliphatic rings. The Morgan fingerprint density at radius 2 is 1.95 bits per heavy atom. The SMILES string of the molecule is Cc1ccc(C(=O)CCC(=O)N2CCNC[C@H]2C)cc1C.Cl. The first-order valence-electron chi connectivity index (χ1n) is 7.59. The number of rotatable bonds is 4. The van der Waals surface area contributed by atoms with Crippen LogP contribution < -0.4 is 5.32 Å². The van der Waals surface area contributed by atoms with Crippen LogP contribution in [0.4, 0.5) is 0 Å². The number of piperazine rings is 1. The van der Waals surface area contributed by atoms with E-state index in [1.165, 1.54) is 5.56 Å². The molecule has 5 heteroatoms. The zero-order valence-corrected chi connectivity index (χ0v) is 14.3.